The van der Waals surface area contributed by atoms with Gasteiger partial charge >= 0.3 is 0 Å². The Kier molecular flexibility index (Phi) is 6.08. The van der Waals surface area contributed by atoms with E-state index in [-0.39, 0.29) is 11.3 Å². The predicted molar refractivity (Wildman–Crippen MR) is 120 cm³/mol. The smallest absolute Gasteiger partial charge is 0.173 e. The van der Waals surface area contributed by atoms with Crippen molar-refractivity contribution in [2.24, 2.45) is 9.98 Å². The Morgan fingerprint density at radius 2 is 2.06 bits per heavy atom. The number of nitrogens with zero attached hydrogens (tertiary/aromatic N) is 5. The topological polar surface area (TPSA) is 57.3 Å². The third-order valence-corrected chi connectivity index (χ3v) is 5.30. The van der Waals surface area contributed by atoms with Crippen molar-refractivity contribution in [1.29, 1.82) is 0 Å². The summed E-state index contributed by atoms with van der Waals surface area (Å²) < 4.78 is 28.9. The molecule has 0 saturated carbocycles. The molecule has 2 aliphatic rings. The second-order valence-electron chi connectivity index (χ2n) is 7.95. The van der Waals surface area contributed by atoms with Gasteiger partial charge in [0.25, 0.3) is 0 Å². The van der Waals surface area contributed by atoms with Crippen molar-refractivity contribution in [1.82, 2.24) is 19.6 Å². The molecule has 2 atom stereocenters. The first-order valence-electron chi connectivity index (χ1n) is 10.4. The third-order valence-electron chi connectivity index (χ3n) is 5.30. The Morgan fingerprint density at radius 3 is 2.71 bits per heavy atom. The van der Waals surface area contributed by atoms with Gasteiger partial charge in [-0.05, 0) is 32.1 Å². The molecule has 6 nitrogen and oxygen atoms in total. The van der Waals surface area contributed by atoms with Crippen molar-refractivity contribution in [3.63, 3.8) is 0 Å². The number of imidazole rings is 1. The van der Waals surface area contributed by atoms with Gasteiger partial charge in [0, 0.05) is 67.2 Å². The molecule has 4 rings (SSSR count). The Hall–Kier alpha value is -3.13. The maximum absolute atomic E-state index is 14.5. The molecule has 0 aromatic carbocycles. The van der Waals surface area contributed by atoms with Gasteiger partial charge in [-0.15, -0.1) is 0 Å². The lowest BCUT2D eigenvalue weighted by Gasteiger charge is -2.38. The molecule has 1 fully saturated rings. The number of hydrogen-bond donors (Lipinski definition) is 1. The zero-order valence-electron chi connectivity index (χ0n) is 17.7. The number of allylic oxidation sites excluding steroid dienone is 3. The van der Waals surface area contributed by atoms with E-state index in [1.165, 1.54) is 28.6 Å². The van der Waals surface area contributed by atoms with Gasteiger partial charge in [-0.1, -0.05) is 12.7 Å². The minimum Gasteiger partial charge on any atom is -0.369 e. The molecule has 162 valence electrons. The van der Waals surface area contributed by atoms with E-state index in [4.69, 9.17) is 0 Å². The van der Waals surface area contributed by atoms with Crippen molar-refractivity contribution in [2.45, 2.75) is 39.0 Å². The standard InChI is InChI=1S/C23H26F2N6/c1-4-26-22(17-9-21(25)23-29-19(10-24)14-31(23)13-17)28-18-5-7-20(8-6-18)30-11-15(2)27-16(3)12-30/h4-5,7-9,13-16,27H,1,6,10-12H2,2-3H3. The largest absolute Gasteiger partial charge is 0.369 e. The Balaban J connectivity index is 1.57. The van der Waals surface area contributed by atoms with Crippen LogP contribution < -0.4 is 5.32 Å². The van der Waals surface area contributed by atoms with Crippen LogP contribution in [0.2, 0.25) is 0 Å². The molecule has 2 unspecified atom stereocenters. The van der Waals surface area contributed by atoms with Crippen molar-refractivity contribution in [3.05, 3.63) is 72.2 Å². The summed E-state index contributed by atoms with van der Waals surface area (Å²) in [4.78, 5) is 15.2. The van der Waals surface area contributed by atoms with E-state index in [9.17, 15) is 8.78 Å². The molecule has 3 heterocycles. The molecule has 1 aliphatic heterocycles. The normalized spacial score (nSPS) is 23.5. The fourth-order valence-electron chi connectivity index (χ4n) is 4.07. The summed E-state index contributed by atoms with van der Waals surface area (Å²) in [6.07, 6.45) is 11.3. The Morgan fingerprint density at radius 1 is 1.29 bits per heavy atom. The van der Waals surface area contributed by atoms with Gasteiger partial charge in [0.2, 0.25) is 0 Å². The van der Waals surface area contributed by atoms with Crippen molar-refractivity contribution >= 4 is 17.2 Å². The average molecular weight is 424 g/mol. The van der Waals surface area contributed by atoms with E-state index in [0.717, 1.165) is 18.8 Å². The van der Waals surface area contributed by atoms with Crippen LogP contribution in [-0.2, 0) is 6.67 Å². The molecule has 0 bridgehead atoms. The average Bonchev–Trinajstić information content (AvgIpc) is 3.17. The van der Waals surface area contributed by atoms with E-state index in [2.05, 4.69) is 57.8 Å². The highest BCUT2D eigenvalue weighted by Crippen LogP contribution is 2.19. The highest BCUT2D eigenvalue weighted by molar-refractivity contribution is 6.11. The second-order valence-corrected chi connectivity index (χ2v) is 7.95. The summed E-state index contributed by atoms with van der Waals surface area (Å²) in [5.74, 6) is -0.218. The molecule has 1 N–H and O–H groups in total. The summed E-state index contributed by atoms with van der Waals surface area (Å²) in [5.41, 5.74) is 2.72. The molecule has 1 aliphatic carbocycles. The van der Waals surface area contributed by atoms with E-state index >= 15 is 0 Å². The van der Waals surface area contributed by atoms with Crippen LogP contribution in [0, 0.1) is 5.82 Å². The summed E-state index contributed by atoms with van der Waals surface area (Å²) in [6.45, 7) is 9.19. The predicted octanol–water partition coefficient (Wildman–Crippen LogP) is 3.80. The first kappa shape index (κ1) is 21.1. The quantitative estimate of drug-likeness (QED) is 0.600. The van der Waals surface area contributed by atoms with Crippen molar-refractivity contribution in [2.75, 3.05) is 13.1 Å². The van der Waals surface area contributed by atoms with Crippen LogP contribution in [0.1, 0.15) is 31.5 Å². The summed E-state index contributed by atoms with van der Waals surface area (Å²) in [7, 11) is 0. The maximum Gasteiger partial charge on any atom is 0.173 e. The zero-order valence-corrected chi connectivity index (χ0v) is 17.7. The number of hydrogen-bond acceptors (Lipinski definition) is 4. The number of alkyl halides is 1. The minimum atomic E-state index is -0.754. The molecule has 0 radical (unpaired) electrons. The van der Waals surface area contributed by atoms with Gasteiger partial charge in [-0.3, -0.25) is 0 Å². The number of nitrogens with one attached hydrogen (secondary N) is 1. The van der Waals surface area contributed by atoms with Gasteiger partial charge < -0.3 is 14.6 Å². The molecule has 8 heteroatoms. The van der Waals surface area contributed by atoms with Gasteiger partial charge in [-0.25, -0.2) is 23.7 Å². The lowest BCUT2D eigenvalue weighted by molar-refractivity contribution is 0.220. The first-order chi connectivity index (χ1) is 15.0. The monoisotopic (exact) mass is 424 g/mol. The molecule has 2 aromatic rings. The molecule has 1 saturated heterocycles. The van der Waals surface area contributed by atoms with Crippen LogP contribution >= 0.6 is 0 Å². The van der Waals surface area contributed by atoms with Crippen LogP contribution in [0.4, 0.5) is 8.78 Å². The van der Waals surface area contributed by atoms with E-state index < -0.39 is 12.5 Å². The van der Waals surface area contributed by atoms with Gasteiger partial charge in [0.15, 0.2) is 17.3 Å². The number of halogens is 2. The number of rotatable bonds is 4. The lowest BCUT2D eigenvalue weighted by Crippen LogP contribution is -2.53. The van der Waals surface area contributed by atoms with E-state index in [1.807, 2.05) is 6.08 Å². The number of aromatic nitrogens is 2. The van der Waals surface area contributed by atoms with E-state index in [0.29, 0.717) is 29.9 Å². The van der Waals surface area contributed by atoms with Crippen LogP contribution in [0.25, 0.3) is 5.65 Å². The summed E-state index contributed by atoms with van der Waals surface area (Å²) >= 11 is 0. The van der Waals surface area contributed by atoms with Crippen LogP contribution in [0.15, 0.2) is 65.1 Å². The van der Waals surface area contributed by atoms with Gasteiger partial charge in [0.1, 0.15) is 6.67 Å². The molecule has 2 aromatic heterocycles. The fourth-order valence-corrected chi connectivity index (χ4v) is 4.07. The fraction of sp³-hybridized carbons (Fsp3) is 0.348. The number of pyridine rings is 1. The zero-order chi connectivity index (χ0) is 22.0. The van der Waals surface area contributed by atoms with Crippen molar-refractivity contribution < 1.29 is 8.78 Å². The summed E-state index contributed by atoms with van der Waals surface area (Å²) in [5, 5.41) is 3.54. The third kappa shape index (κ3) is 4.64. The molecule has 31 heavy (non-hydrogen) atoms. The number of aliphatic imine (C=N–C) groups is 2. The van der Waals surface area contributed by atoms with Crippen LogP contribution in [0.5, 0.6) is 0 Å². The number of fused-ring (bicyclic) bond motifs is 1. The number of amidine groups is 1. The first-order valence-corrected chi connectivity index (χ1v) is 10.4. The van der Waals surface area contributed by atoms with Crippen LogP contribution in [0.3, 0.4) is 0 Å². The summed E-state index contributed by atoms with van der Waals surface area (Å²) in [6, 6.07) is 2.18. The molecule has 0 spiro atoms. The molecular weight excluding hydrogens is 398 g/mol. The van der Waals surface area contributed by atoms with E-state index in [1.54, 1.807) is 6.20 Å². The molecule has 0 amide bonds. The van der Waals surface area contributed by atoms with Crippen molar-refractivity contribution in [3.8, 4) is 0 Å². The number of piperazine rings is 1. The molecular formula is C23H26F2N6. The SMILES string of the molecule is C=CN=C(N=C1C=CC(N2CC(C)NC(C)C2)=CC1)c1cc(F)c2nc(CF)cn2c1. The Bertz CT molecular complexity index is 1100. The highest BCUT2D eigenvalue weighted by atomic mass is 19.1. The maximum atomic E-state index is 14.5. The van der Waals surface area contributed by atoms with Gasteiger partial charge in [-0.2, -0.15) is 0 Å². The lowest BCUT2D eigenvalue weighted by atomic mass is 10.1. The van der Waals surface area contributed by atoms with Gasteiger partial charge in [0.05, 0.1) is 5.69 Å². The second kappa shape index (κ2) is 8.93. The Labute approximate surface area is 180 Å². The minimum absolute atomic E-state index is 0.0756. The van der Waals surface area contributed by atoms with Crippen LogP contribution in [-0.4, -0.2) is 51.0 Å². The highest BCUT2D eigenvalue weighted by Gasteiger charge is 2.22.